The third kappa shape index (κ3) is 8.71. The second-order valence-corrected chi connectivity index (χ2v) is 14.5. The highest BCUT2D eigenvalue weighted by Crippen LogP contribution is 2.38. The van der Waals surface area contributed by atoms with E-state index in [1.54, 1.807) is 0 Å². The minimum Gasteiger partial charge on any atom is -0.372 e. The highest BCUT2D eigenvalue weighted by molar-refractivity contribution is 6.16. The third-order valence-corrected chi connectivity index (χ3v) is 11.7. The van der Waals surface area contributed by atoms with E-state index in [2.05, 4.69) is 214 Å². The van der Waals surface area contributed by atoms with Crippen molar-refractivity contribution < 1.29 is 4.58 Å². The molecule has 0 heterocycles. The van der Waals surface area contributed by atoms with Gasteiger partial charge in [-0.15, -0.1) is 0 Å². The summed E-state index contributed by atoms with van der Waals surface area (Å²) < 4.78 is 2.46. The predicted molar refractivity (Wildman–Crippen MR) is 252 cm³/mol. The van der Waals surface area contributed by atoms with Gasteiger partial charge in [-0.05, 0) is 142 Å². The minimum atomic E-state index is 0.969. The van der Waals surface area contributed by atoms with Crippen LogP contribution in [-0.2, 0) is 0 Å². The number of fused-ring (bicyclic) bond motifs is 2. The fraction of sp³-hybridized carbons (Fsp3) is 0.302. The lowest BCUT2D eigenvalue weighted by molar-refractivity contribution is -0.519. The predicted octanol–water partition coefficient (Wildman–Crippen LogP) is 12.4. The fourth-order valence-corrected chi connectivity index (χ4v) is 8.52. The van der Waals surface area contributed by atoms with Gasteiger partial charge in [0.05, 0.1) is 5.56 Å². The molecule has 0 bridgehead atoms. The number of hydrogen-bond donors (Lipinski definition) is 0. The first-order valence-electron chi connectivity index (χ1n) is 21.4. The Balaban J connectivity index is 1.57. The molecule has 4 heteroatoms. The molecule has 0 saturated carbocycles. The van der Waals surface area contributed by atoms with Crippen LogP contribution in [0.1, 0.15) is 83.2 Å². The molecule has 1 aliphatic rings. The Labute approximate surface area is 343 Å². The summed E-state index contributed by atoms with van der Waals surface area (Å²) in [7, 11) is 0. The number of anilines is 3. The van der Waals surface area contributed by atoms with Gasteiger partial charge < -0.3 is 14.7 Å². The standard InChI is InChI=1S/C53H63N4/c1-9-54(10-2)42-32-28-40(29-33-42)44(48-36-38-52(56(13-5)14-6)50-24-19-17-22-46(48)50)26-21-27-45(41-30-34-43(35-31-41)55(11-3)12-4)49-37-39-53(57(15-7)16-8)51-25-20-18-23-47(49)51/h17-39H,9-16H2,1-8H3/q+1. The van der Waals surface area contributed by atoms with Gasteiger partial charge in [0.25, 0.3) is 0 Å². The zero-order chi connectivity index (χ0) is 40.3. The van der Waals surface area contributed by atoms with Crippen LogP contribution in [0.3, 0.4) is 0 Å². The van der Waals surface area contributed by atoms with Crippen LogP contribution in [0.5, 0.6) is 0 Å². The molecule has 5 aromatic carbocycles. The number of benzene rings is 5. The Bertz CT molecular complexity index is 2270. The van der Waals surface area contributed by atoms with E-state index in [4.69, 9.17) is 0 Å². The van der Waals surface area contributed by atoms with Gasteiger partial charge in [0.2, 0.25) is 5.71 Å². The second kappa shape index (κ2) is 19.5. The zero-order valence-electron chi connectivity index (χ0n) is 35.7. The van der Waals surface area contributed by atoms with Crippen LogP contribution in [0.2, 0.25) is 0 Å². The molecule has 0 aromatic heterocycles. The maximum atomic E-state index is 2.46. The van der Waals surface area contributed by atoms with Crippen molar-refractivity contribution in [2.45, 2.75) is 55.4 Å². The summed E-state index contributed by atoms with van der Waals surface area (Å²) in [4.78, 5) is 7.27. The normalized spacial score (nSPS) is 13.6. The van der Waals surface area contributed by atoms with Crippen molar-refractivity contribution in [3.63, 3.8) is 0 Å². The van der Waals surface area contributed by atoms with Gasteiger partial charge >= 0.3 is 0 Å². The number of rotatable bonds is 16. The van der Waals surface area contributed by atoms with E-state index in [0.29, 0.717) is 0 Å². The smallest absolute Gasteiger partial charge is 0.207 e. The van der Waals surface area contributed by atoms with Crippen LogP contribution in [-0.4, -0.2) is 62.6 Å². The van der Waals surface area contributed by atoms with Crippen molar-refractivity contribution in [2.75, 3.05) is 67.1 Å². The molecule has 1 aliphatic carbocycles. The monoisotopic (exact) mass is 756 g/mol. The Morgan fingerprint density at radius 2 is 1.04 bits per heavy atom. The Hall–Kier alpha value is -5.61. The molecule has 57 heavy (non-hydrogen) atoms. The molecule has 0 aliphatic heterocycles. The topological polar surface area (TPSA) is 12.7 Å². The molecule has 294 valence electrons. The van der Waals surface area contributed by atoms with E-state index < -0.39 is 0 Å². The summed E-state index contributed by atoms with van der Waals surface area (Å²) in [6.07, 6.45) is 11.6. The van der Waals surface area contributed by atoms with Crippen LogP contribution in [0, 0.1) is 0 Å². The van der Waals surface area contributed by atoms with Crippen LogP contribution in [0.4, 0.5) is 17.1 Å². The Kier molecular flexibility index (Phi) is 14.0. The molecule has 0 atom stereocenters. The number of nitrogens with zero attached hydrogens (tertiary/aromatic N) is 4. The van der Waals surface area contributed by atoms with Crippen molar-refractivity contribution in [1.82, 2.24) is 0 Å². The van der Waals surface area contributed by atoms with E-state index in [-0.39, 0.29) is 0 Å². The molecule has 0 amide bonds. The van der Waals surface area contributed by atoms with Gasteiger partial charge in [-0.25, -0.2) is 4.58 Å². The maximum Gasteiger partial charge on any atom is 0.207 e. The SMILES string of the molecule is CCN(CC)c1ccc(C(=CC=CC(=C2C=CC(=[N+](CC)CC)c3ccccc32)c2ccc(N(CC)CC)cc2)c2ccc(N(CC)CC)c3ccccc23)cc1. The summed E-state index contributed by atoms with van der Waals surface area (Å²) in [6, 6.07) is 40.8. The molecular weight excluding hydrogens is 693 g/mol. The lowest BCUT2D eigenvalue weighted by atomic mass is 9.85. The zero-order valence-corrected chi connectivity index (χ0v) is 35.7. The van der Waals surface area contributed by atoms with E-state index in [9.17, 15) is 0 Å². The molecule has 0 radical (unpaired) electrons. The van der Waals surface area contributed by atoms with Crippen LogP contribution in [0.15, 0.2) is 140 Å². The first-order chi connectivity index (χ1) is 27.9. The molecule has 0 spiro atoms. The van der Waals surface area contributed by atoms with Crippen LogP contribution in [0.25, 0.3) is 27.5 Å². The highest BCUT2D eigenvalue weighted by Gasteiger charge is 2.23. The molecule has 0 unspecified atom stereocenters. The molecule has 0 N–H and O–H groups in total. The molecule has 5 aromatic rings. The highest BCUT2D eigenvalue weighted by atomic mass is 15.1. The molecular formula is C53H63N4+. The fourth-order valence-electron chi connectivity index (χ4n) is 8.52. The van der Waals surface area contributed by atoms with Gasteiger partial charge in [0.1, 0.15) is 13.1 Å². The third-order valence-electron chi connectivity index (χ3n) is 11.7. The summed E-state index contributed by atoms with van der Waals surface area (Å²) in [5, 5.41) is 2.55. The number of hydrogen-bond acceptors (Lipinski definition) is 3. The molecule has 4 nitrogen and oxygen atoms in total. The molecule has 0 saturated heterocycles. The minimum absolute atomic E-state index is 0.969. The summed E-state index contributed by atoms with van der Waals surface area (Å²) >= 11 is 0. The Morgan fingerprint density at radius 3 is 1.60 bits per heavy atom. The maximum absolute atomic E-state index is 2.46. The van der Waals surface area contributed by atoms with Gasteiger partial charge in [-0.3, -0.25) is 0 Å². The van der Waals surface area contributed by atoms with E-state index >= 15 is 0 Å². The van der Waals surface area contributed by atoms with Crippen LogP contribution >= 0.6 is 0 Å². The number of allylic oxidation sites excluding steroid dienone is 7. The summed E-state index contributed by atoms with van der Waals surface area (Å²) in [5.74, 6) is 0. The average Bonchev–Trinajstić information content (AvgIpc) is 3.26. The van der Waals surface area contributed by atoms with E-state index in [0.717, 1.165) is 52.4 Å². The lowest BCUT2D eigenvalue weighted by Gasteiger charge is -2.24. The quantitative estimate of drug-likeness (QED) is 0.0735. The van der Waals surface area contributed by atoms with Crippen molar-refractivity contribution in [3.05, 3.63) is 167 Å². The largest absolute Gasteiger partial charge is 0.372 e. The van der Waals surface area contributed by atoms with Crippen molar-refractivity contribution in [3.8, 4) is 0 Å². The Morgan fingerprint density at radius 1 is 0.509 bits per heavy atom. The van der Waals surface area contributed by atoms with E-state index in [1.165, 1.54) is 78.1 Å². The van der Waals surface area contributed by atoms with Gasteiger partial charge in [0.15, 0.2) is 0 Å². The molecule has 0 fully saturated rings. The lowest BCUT2D eigenvalue weighted by Crippen LogP contribution is -2.23. The van der Waals surface area contributed by atoms with E-state index in [1.807, 2.05) is 0 Å². The first kappa shape index (κ1) is 41.0. The second-order valence-electron chi connectivity index (χ2n) is 14.5. The van der Waals surface area contributed by atoms with Crippen molar-refractivity contribution in [1.29, 1.82) is 0 Å². The molecule has 6 rings (SSSR count). The van der Waals surface area contributed by atoms with Gasteiger partial charge in [-0.2, -0.15) is 0 Å². The average molecular weight is 756 g/mol. The van der Waals surface area contributed by atoms with Crippen molar-refractivity contribution >= 4 is 50.3 Å². The first-order valence-corrected chi connectivity index (χ1v) is 21.4. The van der Waals surface area contributed by atoms with Gasteiger partial charge in [-0.1, -0.05) is 91.0 Å². The van der Waals surface area contributed by atoms with Crippen molar-refractivity contribution in [2.24, 2.45) is 0 Å². The van der Waals surface area contributed by atoms with Crippen LogP contribution < -0.4 is 14.7 Å². The van der Waals surface area contributed by atoms with Gasteiger partial charge in [0, 0.05) is 67.8 Å². The summed E-state index contributed by atoms with van der Waals surface area (Å²) in [5.41, 5.74) is 14.9. The summed E-state index contributed by atoms with van der Waals surface area (Å²) in [6.45, 7) is 25.7.